The van der Waals surface area contributed by atoms with Crippen molar-refractivity contribution in [1.82, 2.24) is 4.90 Å². The largest absolute Gasteiger partial charge is 0.481 e. The Hall–Kier alpha value is -1.06. The van der Waals surface area contributed by atoms with Crippen LogP contribution in [0.15, 0.2) is 0 Å². The number of nitrogens with zero attached hydrogens (tertiary/aromatic N) is 1. The Labute approximate surface area is 91.3 Å². The topological polar surface area (TPSA) is 57.6 Å². The second-order valence-electron chi connectivity index (χ2n) is 4.66. The molecule has 0 aromatic heterocycles. The van der Waals surface area contributed by atoms with E-state index in [-0.39, 0.29) is 5.91 Å². The van der Waals surface area contributed by atoms with Crippen LogP contribution in [0.5, 0.6) is 0 Å². The van der Waals surface area contributed by atoms with Crippen LogP contribution in [0, 0.1) is 11.8 Å². The van der Waals surface area contributed by atoms with Gasteiger partial charge in [0.1, 0.15) is 6.42 Å². The standard InChI is InChI=1S/C11H21NO3/c1-8(2)6-12(7-9(3)4)10(13)5-11(14)15/h8-9H,5-7H2,1-4H3,(H,14,15). The Kier molecular flexibility index (Phi) is 5.97. The molecule has 0 rings (SSSR count). The zero-order chi connectivity index (χ0) is 12.0. The second-order valence-corrected chi connectivity index (χ2v) is 4.66. The van der Waals surface area contributed by atoms with E-state index in [0.29, 0.717) is 24.9 Å². The van der Waals surface area contributed by atoms with Crippen LogP contribution in [-0.2, 0) is 9.59 Å². The van der Waals surface area contributed by atoms with Gasteiger partial charge in [-0.3, -0.25) is 9.59 Å². The molecule has 0 atom stereocenters. The molecule has 0 aliphatic carbocycles. The van der Waals surface area contributed by atoms with Gasteiger partial charge in [-0.2, -0.15) is 0 Å². The summed E-state index contributed by atoms with van der Waals surface area (Å²) in [5, 5.41) is 8.55. The van der Waals surface area contributed by atoms with Gasteiger partial charge in [-0.15, -0.1) is 0 Å². The lowest BCUT2D eigenvalue weighted by Gasteiger charge is -2.25. The van der Waals surface area contributed by atoms with E-state index in [1.807, 2.05) is 27.7 Å². The zero-order valence-corrected chi connectivity index (χ0v) is 9.99. The smallest absolute Gasteiger partial charge is 0.312 e. The Morgan fingerprint density at radius 3 is 1.73 bits per heavy atom. The number of carbonyl (C=O) groups excluding carboxylic acids is 1. The molecule has 0 saturated carbocycles. The van der Waals surface area contributed by atoms with Crippen molar-refractivity contribution in [1.29, 1.82) is 0 Å². The summed E-state index contributed by atoms with van der Waals surface area (Å²) >= 11 is 0. The van der Waals surface area contributed by atoms with Crippen molar-refractivity contribution in [3.8, 4) is 0 Å². The molecule has 0 aliphatic rings. The maximum Gasteiger partial charge on any atom is 0.312 e. The quantitative estimate of drug-likeness (QED) is 0.685. The number of amides is 1. The minimum absolute atomic E-state index is 0.287. The number of aliphatic carboxylic acids is 1. The number of hydrogen-bond donors (Lipinski definition) is 1. The molecule has 0 spiro atoms. The monoisotopic (exact) mass is 215 g/mol. The highest BCUT2D eigenvalue weighted by Crippen LogP contribution is 2.05. The summed E-state index contributed by atoms with van der Waals surface area (Å²) in [5.74, 6) is -0.620. The molecule has 0 bridgehead atoms. The molecule has 88 valence electrons. The van der Waals surface area contributed by atoms with Crippen LogP contribution in [0.3, 0.4) is 0 Å². The molecule has 0 aromatic rings. The Morgan fingerprint density at radius 1 is 1.07 bits per heavy atom. The average molecular weight is 215 g/mol. The van der Waals surface area contributed by atoms with Gasteiger partial charge in [0.05, 0.1) is 0 Å². The molecule has 1 amide bonds. The second kappa shape index (κ2) is 6.43. The van der Waals surface area contributed by atoms with Crippen molar-refractivity contribution < 1.29 is 14.7 Å². The third kappa shape index (κ3) is 6.94. The van der Waals surface area contributed by atoms with Crippen molar-refractivity contribution in [3.05, 3.63) is 0 Å². The van der Waals surface area contributed by atoms with Crippen LogP contribution in [0.1, 0.15) is 34.1 Å². The minimum atomic E-state index is -1.06. The maximum atomic E-state index is 11.6. The lowest BCUT2D eigenvalue weighted by molar-refractivity contribution is -0.144. The molecule has 1 N–H and O–H groups in total. The van der Waals surface area contributed by atoms with Gasteiger partial charge in [-0.1, -0.05) is 27.7 Å². The summed E-state index contributed by atoms with van der Waals surface area (Å²) in [4.78, 5) is 23.7. The molecular weight excluding hydrogens is 194 g/mol. The van der Waals surface area contributed by atoms with E-state index < -0.39 is 12.4 Å². The minimum Gasteiger partial charge on any atom is -0.481 e. The fourth-order valence-electron chi connectivity index (χ4n) is 1.40. The van der Waals surface area contributed by atoms with Crippen LogP contribution in [0.2, 0.25) is 0 Å². The van der Waals surface area contributed by atoms with Gasteiger partial charge in [-0.05, 0) is 11.8 Å². The van der Waals surface area contributed by atoms with Crippen molar-refractivity contribution in [2.45, 2.75) is 34.1 Å². The first-order valence-electron chi connectivity index (χ1n) is 5.32. The first kappa shape index (κ1) is 13.9. The highest BCUT2D eigenvalue weighted by Gasteiger charge is 2.18. The molecule has 0 radical (unpaired) electrons. The van der Waals surface area contributed by atoms with Crippen molar-refractivity contribution in [2.24, 2.45) is 11.8 Å². The lowest BCUT2D eigenvalue weighted by atomic mass is 10.1. The molecule has 0 heterocycles. The number of rotatable bonds is 6. The molecular formula is C11H21NO3. The predicted molar refractivity (Wildman–Crippen MR) is 58.5 cm³/mol. The van der Waals surface area contributed by atoms with Crippen molar-refractivity contribution in [3.63, 3.8) is 0 Å². The molecule has 0 saturated heterocycles. The maximum absolute atomic E-state index is 11.6. The van der Waals surface area contributed by atoms with Crippen molar-refractivity contribution in [2.75, 3.05) is 13.1 Å². The molecule has 4 heteroatoms. The number of carboxylic acid groups (broad SMARTS) is 1. The van der Waals surface area contributed by atoms with Crippen LogP contribution < -0.4 is 0 Å². The fraction of sp³-hybridized carbons (Fsp3) is 0.818. The summed E-state index contributed by atoms with van der Waals surface area (Å²) in [7, 11) is 0. The third-order valence-corrected chi connectivity index (χ3v) is 1.83. The van der Waals surface area contributed by atoms with E-state index in [1.165, 1.54) is 0 Å². The molecule has 15 heavy (non-hydrogen) atoms. The highest BCUT2D eigenvalue weighted by atomic mass is 16.4. The van der Waals surface area contributed by atoms with E-state index in [9.17, 15) is 9.59 Å². The van der Waals surface area contributed by atoms with Crippen molar-refractivity contribution >= 4 is 11.9 Å². The summed E-state index contributed by atoms with van der Waals surface area (Å²) in [6, 6.07) is 0. The summed E-state index contributed by atoms with van der Waals surface area (Å²) in [5.41, 5.74) is 0. The summed E-state index contributed by atoms with van der Waals surface area (Å²) in [6.07, 6.45) is -0.403. The highest BCUT2D eigenvalue weighted by molar-refractivity contribution is 5.93. The molecule has 0 aromatic carbocycles. The van der Waals surface area contributed by atoms with Crippen LogP contribution >= 0.6 is 0 Å². The van der Waals surface area contributed by atoms with Gasteiger partial charge in [-0.25, -0.2) is 0 Å². The van der Waals surface area contributed by atoms with E-state index >= 15 is 0 Å². The normalized spacial score (nSPS) is 10.8. The first-order chi connectivity index (χ1) is 6.82. The Balaban J connectivity index is 4.33. The van der Waals surface area contributed by atoms with Gasteiger partial charge in [0.25, 0.3) is 0 Å². The van der Waals surface area contributed by atoms with Gasteiger partial charge < -0.3 is 10.0 Å². The first-order valence-corrected chi connectivity index (χ1v) is 5.32. The van der Waals surface area contributed by atoms with E-state index in [0.717, 1.165) is 0 Å². The van der Waals surface area contributed by atoms with E-state index in [2.05, 4.69) is 0 Å². The number of hydrogen-bond acceptors (Lipinski definition) is 2. The molecule has 0 unspecified atom stereocenters. The molecule has 0 aliphatic heterocycles. The predicted octanol–water partition coefficient (Wildman–Crippen LogP) is 1.60. The lowest BCUT2D eigenvalue weighted by Crippen LogP contribution is -2.37. The Bertz CT molecular complexity index is 214. The van der Waals surface area contributed by atoms with Gasteiger partial charge in [0.2, 0.25) is 5.91 Å². The molecule has 4 nitrogen and oxygen atoms in total. The SMILES string of the molecule is CC(C)CN(CC(C)C)C(=O)CC(=O)O. The van der Waals surface area contributed by atoms with Gasteiger partial charge >= 0.3 is 5.97 Å². The summed E-state index contributed by atoms with van der Waals surface area (Å²) in [6.45, 7) is 9.32. The van der Waals surface area contributed by atoms with Crippen LogP contribution in [-0.4, -0.2) is 35.0 Å². The summed E-state index contributed by atoms with van der Waals surface area (Å²) < 4.78 is 0. The van der Waals surface area contributed by atoms with E-state index in [1.54, 1.807) is 4.90 Å². The third-order valence-electron chi connectivity index (χ3n) is 1.83. The number of carboxylic acids is 1. The van der Waals surface area contributed by atoms with Gasteiger partial charge in [0, 0.05) is 13.1 Å². The van der Waals surface area contributed by atoms with Gasteiger partial charge in [0.15, 0.2) is 0 Å². The molecule has 0 fully saturated rings. The Morgan fingerprint density at radius 2 is 1.47 bits per heavy atom. The van der Waals surface area contributed by atoms with Crippen LogP contribution in [0.25, 0.3) is 0 Å². The fourth-order valence-corrected chi connectivity index (χ4v) is 1.40. The zero-order valence-electron chi connectivity index (χ0n) is 9.99. The average Bonchev–Trinajstić information content (AvgIpc) is 1.99. The van der Waals surface area contributed by atoms with E-state index in [4.69, 9.17) is 5.11 Å². The number of carbonyl (C=O) groups is 2. The van der Waals surface area contributed by atoms with Crippen LogP contribution in [0.4, 0.5) is 0 Å².